The minimum absolute atomic E-state index is 0.163. The lowest BCUT2D eigenvalue weighted by molar-refractivity contribution is 0.221. The third-order valence-corrected chi connectivity index (χ3v) is 5.96. The van der Waals surface area contributed by atoms with Crippen LogP contribution in [0, 0.1) is 11.8 Å². The van der Waals surface area contributed by atoms with Gasteiger partial charge in [0, 0.05) is 19.1 Å². The highest BCUT2D eigenvalue weighted by Crippen LogP contribution is 2.24. The summed E-state index contributed by atoms with van der Waals surface area (Å²) in [6.45, 7) is 6.68. The minimum atomic E-state index is -3.08. The van der Waals surface area contributed by atoms with Gasteiger partial charge in [0.1, 0.15) is 0 Å². The Bertz CT molecular complexity index is 353. The first-order valence-electron chi connectivity index (χ1n) is 7.18. The summed E-state index contributed by atoms with van der Waals surface area (Å²) in [4.78, 5) is 0. The maximum absolute atomic E-state index is 12.4. The predicted octanol–water partition coefficient (Wildman–Crippen LogP) is 1.44. The minimum Gasteiger partial charge on any atom is -0.313 e. The molecule has 2 saturated heterocycles. The zero-order valence-electron chi connectivity index (χ0n) is 11.6. The highest BCUT2D eigenvalue weighted by molar-refractivity contribution is 7.89. The Hall–Kier alpha value is -0.130. The number of hydrogen-bond donors (Lipinski definition) is 1. The van der Waals surface area contributed by atoms with Crippen LogP contribution < -0.4 is 5.32 Å². The molecule has 1 N–H and O–H groups in total. The lowest BCUT2D eigenvalue weighted by Gasteiger charge is -2.35. The predicted molar refractivity (Wildman–Crippen MR) is 73.9 cm³/mol. The summed E-state index contributed by atoms with van der Waals surface area (Å²) in [5.41, 5.74) is 0. The molecule has 0 saturated carbocycles. The van der Waals surface area contributed by atoms with Gasteiger partial charge >= 0.3 is 0 Å². The fourth-order valence-electron chi connectivity index (χ4n) is 3.26. The van der Waals surface area contributed by atoms with E-state index in [0.29, 0.717) is 24.9 Å². The van der Waals surface area contributed by atoms with E-state index < -0.39 is 10.0 Å². The maximum Gasteiger partial charge on any atom is 0.215 e. The molecule has 0 aromatic carbocycles. The molecule has 0 radical (unpaired) electrons. The molecule has 106 valence electrons. The van der Waals surface area contributed by atoms with Crippen LogP contribution in [0.15, 0.2) is 0 Å². The molecule has 0 bridgehead atoms. The molecule has 0 aromatic rings. The monoisotopic (exact) mass is 274 g/mol. The van der Waals surface area contributed by atoms with Crippen molar-refractivity contribution in [1.29, 1.82) is 0 Å². The summed E-state index contributed by atoms with van der Waals surface area (Å²) >= 11 is 0. The smallest absolute Gasteiger partial charge is 0.215 e. The molecule has 2 fully saturated rings. The van der Waals surface area contributed by atoms with Gasteiger partial charge in [-0.3, -0.25) is 0 Å². The quantitative estimate of drug-likeness (QED) is 0.847. The van der Waals surface area contributed by atoms with Crippen molar-refractivity contribution in [3.05, 3.63) is 0 Å². The fourth-order valence-corrected chi connectivity index (χ4v) is 5.23. The van der Waals surface area contributed by atoms with Crippen LogP contribution in [0.2, 0.25) is 0 Å². The Kier molecular flexibility index (Phi) is 4.67. The third kappa shape index (κ3) is 3.68. The van der Waals surface area contributed by atoms with Crippen LogP contribution >= 0.6 is 0 Å². The van der Waals surface area contributed by atoms with E-state index in [2.05, 4.69) is 19.2 Å². The molecule has 0 aromatic heterocycles. The molecule has 18 heavy (non-hydrogen) atoms. The maximum atomic E-state index is 12.4. The molecular weight excluding hydrogens is 248 g/mol. The van der Waals surface area contributed by atoms with Crippen molar-refractivity contribution in [2.45, 2.75) is 45.6 Å². The second kappa shape index (κ2) is 5.88. The molecule has 2 heterocycles. The summed E-state index contributed by atoms with van der Waals surface area (Å²) in [7, 11) is -3.08. The lowest BCUT2D eigenvalue weighted by atomic mass is 9.94. The lowest BCUT2D eigenvalue weighted by Crippen LogP contribution is -2.48. The number of rotatable bonds is 3. The third-order valence-electron chi connectivity index (χ3n) is 4.05. The van der Waals surface area contributed by atoms with Gasteiger partial charge in [-0.1, -0.05) is 20.3 Å². The van der Waals surface area contributed by atoms with Gasteiger partial charge in [-0.05, 0) is 37.6 Å². The molecular formula is C13H26N2O2S. The zero-order valence-corrected chi connectivity index (χ0v) is 12.4. The summed E-state index contributed by atoms with van der Waals surface area (Å²) in [5, 5.41) is 3.33. The Morgan fingerprint density at radius 2 is 1.83 bits per heavy atom. The first-order valence-corrected chi connectivity index (χ1v) is 8.79. The summed E-state index contributed by atoms with van der Waals surface area (Å²) in [6.07, 6.45) is 4.47. The molecule has 3 unspecified atom stereocenters. The van der Waals surface area contributed by atoms with Crippen molar-refractivity contribution in [3.63, 3.8) is 0 Å². The number of nitrogens with one attached hydrogen (secondary N) is 1. The van der Waals surface area contributed by atoms with Gasteiger partial charge in [-0.25, -0.2) is 12.7 Å². The van der Waals surface area contributed by atoms with Gasteiger partial charge in [0.15, 0.2) is 0 Å². The van der Waals surface area contributed by atoms with Gasteiger partial charge in [-0.15, -0.1) is 0 Å². The number of sulfonamides is 1. The van der Waals surface area contributed by atoms with Crippen LogP contribution in [-0.4, -0.2) is 44.2 Å². The second-order valence-corrected chi connectivity index (χ2v) is 8.20. The average Bonchev–Trinajstić information content (AvgIpc) is 2.28. The zero-order chi connectivity index (χ0) is 13.2. The van der Waals surface area contributed by atoms with Crippen molar-refractivity contribution in [2.75, 3.05) is 25.4 Å². The van der Waals surface area contributed by atoms with Crippen LogP contribution in [0.3, 0.4) is 0 Å². The van der Waals surface area contributed by atoms with E-state index in [1.807, 2.05) is 0 Å². The molecule has 0 aliphatic carbocycles. The number of piperidine rings is 2. The van der Waals surface area contributed by atoms with Gasteiger partial charge in [-0.2, -0.15) is 0 Å². The first kappa shape index (κ1) is 14.3. The van der Waals surface area contributed by atoms with Crippen molar-refractivity contribution in [2.24, 2.45) is 11.8 Å². The Morgan fingerprint density at radius 1 is 1.17 bits per heavy atom. The van der Waals surface area contributed by atoms with E-state index in [1.165, 1.54) is 6.42 Å². The highest BCUT2D eigenvalue weighted by Gasteiger charge is 2.32. The highest BCUT2D eigenvalue weighted by atomic mass is 32.2. The molecule has 2 aliphatic heterocycles. The van der Waals surface area contributed by atoms with Gasteiger partial charge < -0.3 is 5.32 Å². The van der Waals surface area contributed by atoms with Crippen LogP contribution in [0.1, 0.15) is 39.5 Å². The van der Waals surface area contributed by atoms with Gasteiger partial charge in [0.2, 0.25) is 10.0 Å². The molecule has 2 aliphatic rings. The Morgan fingerprint density at radius 3 is 2.39 bits per heavy atom. The van der Waals surface area contributed by atoms with Gasteiger partial charge in [0.25, 0.3) is 0 Å². The second-order valence-electron chi connectivity index (χ2n) is 6.19. The molecule has 0 amide bonds. The molecule has 3 atom stereocenters. The summed E-state index contributed by atoms with van der Waals surface area (Å²) in [5.74, 6) is 1.26. The van der Waals surface area contributed by atoms with E-state index in [-0.39, 0.29) is 11.8 Å². The van der Waals surface area contributed by atoms with Crippen LogP contribution in [0.25, 0.3) is 0 Å². The summed E-state index contributed by atoms with van der Waals surface area (Å²) < 4.78 is 26.6. The average molecular weight is 274 g/mol. The van der Waals surface area contributed by atoms with E-state index in [9.17, 15) is 8.42 Å². The van der Waals surface area contributed by atoms with Crippen molar-refractivity contribution in [1.82, 2.24) is 9.62 Å². The van der Waals surface area contributed by atoms with Crippen molar-refractivity contribution < 1.29 is 8.42 Å². The first-order chi connectivity index (χ1) is 8.47. The van der Waals surface area contributed by atoms with E-state index in [0.717, 1.165) is 25.8 Å². The Labute approximate surface area is 111 Å². The standard InChI is InChI=1S/C13H26N2O2S/c1-11-7-12(2)9-15(8-11)18(16,17)10-13-5-3-4-6-14-13/h11-14H,3-10H2,1-2H3. The molecule has 0 spiro atoms. The van der Waals surface area contributed by atoms with Crippen LogP contribution in [0.4, 0.5) is 0 Å². The van der Waals surface area contributed by atoms with E-state index in [1.54, 1.807) is 4.31 Å². The molecule has 5 heteroatoms. The topological polar surface area (TPSA) is 49.4 Å². The Balaban J connectivity index is 1.96. The van der Waals surface area contributed by atoms with Crippen molar-refractivity contribution >= 4 is 10.0 Å². The van der Waals surface area contributed by atoms with Crippen molar-refractivity contribution in [3.8, 4) is 0 Å². The summed E-state index contributed by atoms with van der Waals surface area (Å²) in [6, 6.07) is 0.163. The number of hydrogen-bond acceptors (Lipinski definition) is 3. The number of nitrogens with zero attached hydrogens (tertiary/aromatic N) is 1. The van der Waals surface area contributed by atoms with Crippen LogP contribution in [-0.2, 0) is 10.0 Å². The fraction of sp³-hybridized carbons (Fsp3) is 1.00. The molecule has 4 nitrogen and oxygen atoms in total. The van der Waals surface area contributed by atoms with E-state index >= 15 is 0 Å². The van der Waals surface area contributed by atoms with Gasteiger partial charge in [0.05, 0.1) is 5.75 Å². The molecule has 2 rings (SSSR count). The van der Waals surface area contributed by atoms with Crippen LogP contribution in [0.5, 0.6) is 0 Å². The van der Waals surface area contributed by atoms with E-state index in [4.69, 9.17) is 0 Å². The SMILES string of the molecule is CC1CC(C)CN(S(=O)(=O)CC2CCCCN2)C1. The largest absolute Gasteiger partial charge is 0.313 e. The normalized spacial score (nSPS) is 35.6.